The minimum atomic E-state index is -0.131. The van der Waals surface area contributed by atoms with Crippen LogP contribution >= 0.6 is 0 Å². The number of hydrogen-bond acceptors (Lipinski definition) is 5. The Morgan fingerprint density at radius 3 is 2.40 bits per heavy atom. The SMILES string of the molecule is CC(=O)N1CCN(C(=O)c2cc(NCc3ccccc3)ncn2)CC1. The van der Waals surface area contributed by atoms with Gasteiger partial charge in [-0.25, -0.2) is 9.97 Å². The van der Waals surface area contributed by atoms with Gasteiger partial charge in [0.25, 0.3) is 5.91 Å². The molecule has 1 N–H and O–H groups in total. The molecule has 1 aliphatic rings. The van der Waals surface area contributed by atoms with E-state index >= 15 is 0 Å². The van der Waals surface area contributed by atoms with Gasteiger partial charge >= 0.3 is 0 Å². The molecule has 2 amide bonds. The highest BCUT2D eigenvalue weighted by atomic mass is 16.2. The first-order chi connectivity index (χ1) is 12.1. The van der Waals surface area contributed by atoms with Gasteiger partial charge in [0.15, 0.2) is 0 Å². The lowest BCUT2D eigenvalue weighted by molar-refractivity contribution is -0.130. The lowest BCUT2D eigenvalue weighted by atomic mass is 10.2. The van der Waals surface area contributed by atoms with E-state index in [0.717, 1.165) is 5.56 Å². The molecule has 0 spiro atoms. The first-order valence-electron chi connectivity index (χ1n) is 8.28. The fourth-order valence-corrected chi connectivity index (χ4v) is 2.75. The topological polar surface area (TPSA) is 78.4 Å². The molecule has 0 radical (unpaired) electrons. The van der Waals surface area contributed by atoms with E-state index < -0.39 is 0 Å². The number of anilines is 1. The van der Waals surface area contributed by atoms with E-state index in [1.807, 2.05) is 30.3 Å². The summed E-state index contributed by atoms with van der Waals surface area (Å²) in [5.41, 5.74) is 1.50. The fourth-order valence-electron chi connectivity index (χ4n) is 2.75. The second-order valence-corrected chi connectivity index (χ2v) is 5.93. The van der Waals surface area contributed by atoms with E-state index in [1.165, 1.54) is 6.33 Å². The molecule has 25 heavy (non-hydrogen) atoms. The lowest BCUT2D eigenvalue weighted by Gasteiger charge is -2.34. The van der Waals surface area contributed by atoms with Crippen LogP contribution in [0.3, 0.4) is 0 Å². The Balaban J connectivity index is 1.61. The Morgan fingerprint density at radius 1 is 1.04 bits per heavy atom. The highest BCUT2D eigenvalue weighted by Gasteiger charge is 2.24. The summed E-state index contributed by atoms with van der Waals surface area (Å²) in [5.74, 6) is 0.527. The van der Waals surface area contributed by atoms with Crippen molar-refractivity contribution in [3.05, 3.63) is 54.0 Å². The molecule has 0 unspecified atom stereocenters. The van der Waals surface area contributed by atoms with Gasteiger partial charge in [-0.05, 0) is 5.56 Å². The summed E-state index contributed by atoms with van der Waals surface area (Å²) in [6, 6.07) is 11.6. The van der Waals surface area contributed by atoms with Gasteiger partial charge in [-0.2, -0.15) is 0 Å². The molecule has 0 bridgehead atoms. The molecule has 2 aromatic rings. The Kier molecular flexibility index (Phi) is 5.23. The number of carbonyl (C=O) groups excluding carboxylic acids is 2. The van der Waals surface area contributed by atoms with Gasteiger partial charge in [0, 0.05) is 45.7 Å². The Bertz CT molecular complexity index is 742. The molecule has 0 atom stereocenters. The highest BCUT2D eigenvalue weighted by molar-refractivity contribution is 5.93. The third-order valence-electron chi connectivity index (χ3n) is 4.21. The van der Waals surface area contributed by atoms with Gasteiger partial charge in [0.1, 0.15) is 17.8 Å². The van der Waals surface area contributed by atoms with Crippen LogP contribution in [0.1, 0.15) is 23.0 Å². The number of hydrogen-bond donors (Lipinski definition) is 1. The Labute approximate surface area is 146 Å². The van der Waals surface area contributed by atoms with E-state index in [1.54, 1.807) is 22.8 Å². The highest BCUT2D eigenvalue weighted by Crippen LogP contribution is 2.11. The van der Waals surface area contributed by atoms with Crippen molar-refractivity contribution in [2.45, 2.75) is 13.5 Å². The zero-order valence-corrected chi connectivity index (χ0v) is 14.2. The summed E-state index contributed by atoms with van der Waals surface area (Å²) in [5, 5.41) is 3.21. The first-order valence-corrected chi connectivity index (χ1v) is 8.28. The Hall–Kier alpha value is -2.96. The van der Waals surface area contributed by atoms with Crippen molar-refractivity contribution in [3.63, 3.8) is 0 Å². The maximum absolute atomic E-state index is 12.6. The minimum Gasteiger partial charge on any atom is -0.366 e. The molecule has 3 rings (SSSR count). The van der Waals surface area contributed by atoms with E-state index in [4.69, 9.17) is 0 Å². The maximum Gasteiger partial charge on any atom is 0.272 e. The monoisotopic (exact) mass is 339 g/mol. The third kappa shape index (κ3) is 4.32. The van der Waals surface area contributed by atoms with Gasteiger partial charge in [-0.1, -0.05) is 30.3 Å². The second kappa shape index (κ2) is 7.74. The number of amides is 2. The second-order valence-electron chi connectivity index (χ2n) is 5.93. The number of rotatable bonds is 4. The van der Waals surface area contributed by atoms with Crippen molar-refractivity contribution in [2.24, 2.45) is 0 Å². The smallest absolute Gasteiger partial charge is 0.272 e. The van der Waals surface area contributed by atoms with Crippen molar-refractivity contribution in [1.82, 2.24) is 19.8 Å². The van der Waals surface area contributed by atoms with Crippen molar-refractivity contribution in [1.29, 1.82) is 0 Å². The zero-order chi connectivity index (χ0) is 17.6. The number of nitrogens with zero attached hydrogens (tertiary/aromatic N) is 4. The molecular weight excluding hydrogens is 318 g/mol. The van der Waals surface area contributed by atoms with Crippen molar-refractivity contribution in [2.75, 3.05) is 31.5 Å². The molecule has 7 nitrogen and oxygen atoms in total. The standard InChI is InChI=1S/C18H21N5O2/c1-14(24)22-7-9-23(10-8-22)18(25)16-11-17(21-13-20-16)19-12-15-5-3-2-4-6-15/h2-6,11,13H,7-10,12H2,1H3,(H,19,20,21). The van der Waals surface area contributed by atoms with Gasteiger partial charge in [0.05, 0.1) is 0 Å². The van der Waals surface area contributed by atoms with Crippen molar-refractivity contribution < 1.29 is 9.59 Å². The molecule has 1 aromatic heterocycles. The van der Waals surface area contributed by atoms with Gasteiger partial charge in [-0.3, -0.25) is 9.59 Å². The quantitative estimate of drug-likeness (QED) is 0.911. The molecule has 0 saturated carbocycles. The van der Waals surface area contributed by atoms with Gasteiger partial charge < -0.3 is 15.1 Å². The van der Waals surface area contributed by atoms with E-state index in [2.05, 4.69) is 15.3 Å². The zero-order valence-electron chi connectivity index (χ0n) is 14.2. The van der Waals surface area contributed by atoms with Crippen LogP contribution in [0.2, 0.25) is 0 Å². The molecule has 2 heterocycles. The molecule has 1 aliphatic heterocycles. The number of nitrogens with one attached hydrogen (secondary N) is 1. The predicted molar refractivity (Wildman–Crippen MR) is 94.0 cm³/mol. The first kappa shape index (κ1) is 16.9. The van der Waals surface area contributed by atoms with Crippen LogP contribution in [0.5, 0.6) is 0 Å². The van der Waals surface area contributed by atoms with Crippen LogP contribution in [0, 0.1) is 0 Å². The fraction of sp³-hybridized carbons (Fsp3) is 0.333. The van der Waals surface area contributed by atoms with E-state index in [9.17, 15) is 9.59 Å². The third-order valence-corrected chi connectivity index (χ3v) is 4.21. The largest absolute Gasteiger partial charge is 0.366 e. The predicted octanol–water partition coefficient (Wildman–Crippen LogP) is 1.39. The molecule has 7 heteroatoms. The van der Waals surface area contributed by atoms with Crippen LogP contribution < -0.4 is 5.32 Å². The van der Waals surface area contributed by atoms with Crippen molar-refractivity contribution in [3.8, 4) is 0 Å². The average molecular weight is 339 g/mol. The number of carbonyl (C=O) groups is 2. The van der Waals surface area contributed by atoms with Gasteiger partial charge in [-0.15, -0.1) is 0 Å². The van der Waals surface area contributed by atoms with Crippen LogP contribution in [-0.4, -0.2) is 57.8 Å². The number of aromatic nitrogens is 2. The molecule has 1 fully saturated rings. The average Bonchev–Trinajstić information content (AvgIpc) is 2.67. The maximum atomic E-state index is 12.6. The van der Waals surface area contributed by atoms with Crippen LogP contribution in [0.15, 0.2) is 42.7 Å². The van der Waals surface area contributed by atoms with E-state index in [0.29, 0.717) is 44.2 Å². The molecule has 1 saturated heterocycles. The number of benzene rings is 1. The summed E-state index contributed by atoms with van der Waals surface area (Å²) < 4.78 is 0. The van der Waals surface area contributed by atoms with Crippen LogP contribution in [-0.2, 0) is 11.3 Å². The summed E-state index contributed by atoms with van der Waals surface area (Å²) in [7, 11) is 0. The lowest BCUT2D eigenvalue weighted by Crippen LogP contribution is -2.50. The Morgan fingerprint density at radius 2 is 1.72 bits per heavy atom. The number of piperazine rings is 1. The molecule has 130 valence electrons. The summed E-state index contributed by atoms with van der Waals surface area (Å²) in [6.45, 7) is 4.34. The summed E-state index contributed by atoms with van der Waals surface area (Å²) in [6.07, 6.45) is 1.40. The van der Waals surface area contributed by atoms with Gasteiger partial charge in [0.2, 0.25) is 5.91 Å². The summed E-state index contributed by atoms with van der Waals surface area (Å²) >= 11 is 0. The normalized spacial score (nSPS) is 14.3. The molecular formula is C18H21N5O2. The molecule has 1 aromatic carbocycles. The van der Waals surface area contributed by atoms with E-state index in [-0.39, 0.29) is 11.8 Å². The van der Waals surface area contributed by atoms with Crippen LogP contribution in [0.25, 0.3) is 0 Å². The summed E-state index contributed by atoms with van der Waals surface area (Å²) in [4.78, 5) is 35.7. The van der Waals surface area contributed by atoms with Crippen molar-refractivity contribution >= 4 is 17.6 Å². The van der Waals surface area contributed by atoms with Crippen LogP contribution in [0.4, 0.5) is 5.82 Å². The molecule has 0 aliphatic carbocycles. The minimum absolute atomic E-state index is 0.0431.